The number of nitrogens with one attached hydrogen (secondary N) is 2. The zero-order valence-corrected chi connectivity index (χ0v) is 15.5. The molecule has 3 atom stereocenters. The number of aromatic amines is 1. The van der Waals surface area contributed by atoms with Gasteiger partial charge >= 0.3 is 6.09 Å². The summed E-state index contributed by atoms with van der Waals surface area (Å²) in [7, 11) is 0. The Kier molecular flexibility index (Phi) is 4.26. The molecule has 6 nitrogen and oxygen atoms in total. The molecule has 2 saturated heterocycles. The number of piperidine rings is 1. The molecule has 4 rings (SSSR count). The van der Waals surface area contributed by atoms with Gasteiger partial charge in [-0.05, 0) is 71.3 Å². The third-order valence-electron chi connectivity index (χ3n) is 5.83. The lowest BCUT2D eigenvalue weighted by Crippen LogP contribution is -2.54. The van der Waals surface area contributed by atoms with E-state index in [-0.39, 0.29) is 6.09 Å². The van der Waals surface area contributed by atoms with Crippen molar-refractivity contribution >= 4 is 6.09 Å². The van der Waals surface area contributed by atoms with E-state index in [9.17, 15) is 4.79 Å². The van der Waals surface area contributed by atoms with Crippen LogP contribution in [0.3, 0.4) is 0 Å². The van der Waals surface area contributed by atoms with Crippen molar-refractivity contribution in [3.05, 3.63) is 17.5 Å². The third-order valence-corrected chi connectivity index (χ3v) is 5.83. The molecular weight excluding hydrogens is 316 g/mol. The maximum atomic E-state index is 12.6. The Morgan fingerprint density at radius 3 is 2.64 bits per heavy atom. The maximum absolute atomic E-state index is 12.6. The van der Waals surface area contributed by atoms with Crippen LogP contribution in [0.1, 0.15) is 64.1 Å². The van der Waals surface area contributed by atoms with Gasteiger partial charge in [-0.25, -0.2) is 4.79 Å². The molecule has 1 aromatic rings. The van der Waals surface area contributed by atoms with Gasteiger partial charge in [-0.1, -0.05) is 0 Å². The van der Waals surface area contributed by atoms with Crippen LogP contribution in [0, 0.1) is 0 Å². The summed E-state index contributed by atoms with van der Waals surface area (Å²) >= 11 is 0. The molecule has 1 aliphatic carbocycles. The molecule has 1 aromatic heterocycles. The number of H-pyrrole nitrogens is 1. The van der Waals surface area contributed by atoms with Gasteiger partial charge < -0.3 is 15.0 Å². The zero-order chi connectivity index (χ0) is 17.6. The van der Waals surface area contributed by atoms with E-state index in [1.165, 1.54) is 11.3 Å². The first kappa shape index (κ1) is 16.9. The molecule has 3 heterocycles. The zero-order valence-electron chi connectivity index (χ0n) is 15.5. The van der Waals surface area contributed by atoms with Crippen molar-refractivity contribution in [2.24, 2.45) is 0 Å². The fourth-order valence-electron chi connectivity index (χ4n) is 4.82. The van der Waals surface area contributed by atoms with Gasteiger partial charge in [-0.2, -0.15) is 5.10 Å². The SMILES string of the molecule is CC(C)(C)OC(=O)N1[C@H]2CC[C@H]1CC(N[C@H]1CCc3[nH]ncc3C1)C2. The minimum absolute atomic E-state index is 0.126. The van der Waals surface area contributed by atoms with E-state index in [0.717, 1.165) is 44.9 Å². The van der Waals surface area contributed by atoms with Crippen LogP contribution in [-0.4, -0.2) is 51.0 Å². The molecule has 0 aromatic carbocycles. The molecule has 2 aliphatic heterocycles. The molecule has 0 saturated carbocycles. The highest BCUT2D eigenvalue weighted by Crippen LogP contribution is 2.37. The second-order valence-corrected chi connectivity index (χ2v) is 8.92. The second-order valence-electron chi connectivity index (χ2n) is 8.92. The van der Waals surface area contributed by atoms with Gasteiger partial charge in [0.1, 0.15) is 5.60 Å². The third kappa shape index (κ3) is 3.54. The number of carbonyl (C=O) groups excluding carboxylic acids is 1. The molecule has 25 heavy (non-hydrogen) atoms. The van der Waals surface area contributed by atoms with E-state index >= 15 is 0 Å². The van der Waals surface area contributed by atoms with Crippen molar-refractivity contribution in [1.82, 2.24) is 20.4 Å². The molecule has 2 bridgehead atoms. The number of carbonyl (C=O) groups is 1. The summed E-state index contributed by atoms with van der Waals surface area (Å²) in [5.74, 6) is 0. The Morgan fingerprint density at radius 1 is 1.24 bits per heavy atom. The van der Waals surface area contributed by atoms with E-state index in [1.807, 2.05) is 31.9 Å². The average molecular weight is 346 g/mol. The first-order valence-electron chi connectivity index (χ1n) is 9.67. The summed E-state index contributed by atoms with van der Waals surface area (Å²) in [6, 6.07) is 1.70. The van der Waals surface area contributed by atoms with Gasteiger partial charge in [0.25, 0.3) is 0 Å². The molecular formula is C19H30N4O2. The quantitative estimate of drug-likeness (QED) is 0.864. The second kappa shape index (κ2) is 6.31. The molecule has 138 valence electrons. The van der Waals surface area contributed by atoms with E-state index in [4.69, 9.17) is 4.74 Å². The Morgan fingerprint density at radius 2 is 1.96 bits per heavy atom. The van der Waals surface area contributed by atoms with Gasteiger partial charge in [-0.3, -0.25) is 5.10 Å². The lowest BCUT2D eigenvalue weighted by molar-refractivity contribution is 0.00421. The summed E-state index contributed by atoms with van der Waals surface area (Å²) in [5.41, 5.74) is 2.24. The fourth-order valence-corrected chi connectivity index (χ4v) is 4.82. The van der Waals surface area contributed by atoms with Crippen molar-refractivity contribution in [3.8, 4) is 0 Å². The van der Waals surface area contributed by atoms with E-state index in [1.54, 1.807) is 0 Å². The van der Waals surface area contributed by atoms with Crippen molar-refractivity contribution in [3.63, 3.8) is 0 Å². The average Bonchev–Trinajstić information content (AvgIpc) is 3.08. The molecule has 0 radical (unpaired) electrons. The first-order chi connectivity index (χ1) is 11.9. The number of fused-ring (bicyclic) bond motifs is 3. The van der Waals surface area contributed by atoms with Crippen molar-refractivity contribution in [1.29, 1.82) is 0 Å². The Balaban J connectivity index is 1.35. The summed E-state index contributed by atoms with van der Waals surface area (Å²) in [6.45, 7) is 5.82. The Labute approximate surface area is 149 Å². The van der Waals surface area contributed by atoms with Gasteiger partial charge in [0, 0.05) is 29.9 Å². The largest absolute Gasteiger partial charge is 0.444 e. The van der Waals surface area contributed by atoms with Crippen molar-refractivity contribution < 1.29 is 9.53 Å². The highest BCUT2D eigenvalue weighted by atomic mass is 16.6. The van der Waals surface area contributed by atoms with Crippen LogP contribution in [0.15, 0.2) is 6.20 Å². The topological polar surface area (TPSA) is 70.2 Å². The lowest BCUT2D eigenvalue weighted by atomic mass is 9.90. The maximum Gasteiger partial charge on any atom is 0.410 e. The Hall–Kier alpha value is -1.56. The molecule has 2 fully saturated rings. The van der Waals surface area contributed by atoms with E-state index in [2.05, 4.69) is 15.5 Å². The van der Waals surface area contributed by atoms with Crippen molar-refractivity contribution in [2.75, 3.05) is 0 Å². The number of hydrogen-bond acceptors (Lipinski definition) is 4. The fraction of sp³-hybridized carbons (Fsp3) is 0.789. The summed E-state index contributed by atoms with van der Waals surface area (Å²) in [5, 5.41) is 11.2. The lowest BCUT2D eigenvalue weighted by Gasteiger charge is -2.41. The number of amides is 1. The molecule has 2 N–H and O–H groups in total. The number of ether oxygens (including phenoxy) is 1. The predicted molar refractivity (Wildman–Crippen MR) is 95.4 cm³/mol. The van der Waals surface area contributed by atoms with Crippen LogP contribution in [0.4, 0.5) is 4.79 Å². The van der Waals surface area contributed by atoms with Gasteiger partial charge in [-0.15, -0.1) is 0 Å². The molecule has 1 amide bonds. The Bertz CT molecular complexity index is 622. The number of nitrogens with zero attached hydrogens (tertiary/aromatic N) is 2. The molecule has 6 heteroatoms. The predicted octanol–water partition coefficient (Wildman–Crippen LogP) is 2.79. The molecule has 0 spiro atoms. The molecule has 3 aliphatic rings. The number of aryl methyl sites for hydroxylation is 1. The van der Waals surface area contributed by atoms with Gasteiger partial charge in [0.05, 0.1) is 6.20 Å². The standard InChI is InChI=1S/C19H30N4O2/c1-19(2,3)25-18(24)23-15-5-6-16(23)10-14(9-15)21-13-4-7-17-12(8-13)11-20-22-17/h11,13-16,21H,4-10H2,1-3H3,(H,20,22)/t13-,15-,16-/m0/s1. The van der Waals surface area contributed by atoms with Crippen LogP contribution in [-0.2, 0) is 17.6 Å². The first-order valence-corrected chi connectivity index (χ1v) is 9.67. The van der Waals surface area contributed by atoms with Crippen molar-refractivity contribution in [2.45, 2.75) is 95.5 Å². The summed E-state index contributed by atoms with van der Waals surface area (Å²) < 4.78 is 5.63. The van der Waals surface area contributed by atoms with Crippen LogP contribution < -0.4 is 5.32 Å². The highest BCUT2D eigenvalue weighted by molar-refractivity contribution is 5.69. The minimum Gasteiger partial charge on any atom is -0.444 e. The minimum atomic E-state index is -0.421. The van der Waals surface area contributed by atoms with Gasteiger partial charge in [0.15, 0.2) is 0 Å². The number of aromatic nitrogens is 2. The smallest absolute Gasteiger partial charge is 0.410 e. The highest BCUT2D eigenvalue weighted by Gasteiger charge is 2.45. The normalized spacial score (nSPS) is 31.7. The van der Waals surface area contributed by atoms with E-state index < -0.39 is 5.60 Å². The van der Waals surface area contributed by atoms with E-state index in [0.29, 0.717) is 24.2 Å². The number of rotatable bonds is 2. The van der Waals surface area contributed by atoms with Crippen LogP contribution in [0.2, 0.25) is 0 Å². The van der Waals surface area contributed by atoms with Crippen LogP contribution in [0.5, 0.6) is 0 Å². The monoisotopic (exact) mass is 346 g/mol. The summed E-state index contributed by atoms with van der Waals surface area (Å²) in [4.78, 5) is 14.6. The van der Waals surface area contributed by atoms with Crippen LogP contribution in [0.25, 0.3) is 0 Å². The summed E-state index contributed by atoms with van der Waals surface area (Å²) in [6.07, 6.45) is 9.46. The van der Waals surface area contributed by atoms with Gasteiger partial charge in [0.2, 0.25) is 0 Å². The van der Waals surface area contributed by atoms with Crippen LogP contribution >= 0.6 is 0 Å². The molecule has 0 unspecified atom stereocenters. The number of hydrogen-bond donors (Lipinski definition) is 2.